The lowest BCUT2D eigenvalue weighted by molar-refractivity contribution is -0.304. The highest BCUT2D eigenvalue weighted by Crippen LogP contribution is 2.35. The van der Waals surface area contributed by atoms with Crippen molar-refractivity contribution < 1.29 is 61.7 Å². The zero-order valence-corrected chi connectivity index (χ0v) is 73.2. The molecule has 0 bridgehead atoms. The first-order valence-electron chi connectivity index (χ1n) is 45.5. The second kappa shape index (κ2) is 65.1. The third kappa shape index (κ3) is 46.3. The quantitative estimate of drug-likeness (QED) is 0.00914. The molecule has 0 heterocycles. The van der Waals surface area contributed by atoms with Crippen molar-refractivity contribution in [3.05, 3.63) is 155 Å². The molecule has 3 aliphatic carbocycles. The Hall–Kier alpha value is -5.87. The lowest BCUT2D eigenvalue weighted by Gasteiger charge is -2.27. The van der Waals surface area contributed by atoms with E-state index in [9.17, 15) is 18.8 Å². The molecule has 114 heavy (non-hydrogen) atoms. The van der Waals surface area contributed by atoms with Crippen molar-refractivity contribution >= 4 is 35.7 Å². The van der Waals surface area contributed by atoms with Crippen molar-refractivity contribution in [3.63, 3.8) is 0 Å². The van der Waals surface area contributed by atoms with Gasteiger partial charge in [-0.15, -0.1) is 11.8 Å². The molecule has 0 spiro atoms. The number of aryl methyl sites for hydroxylation is 2. The summed E-state index contributed by atoms with van der Waals surface area (Å²) in [5.41, 5.74) is 7.85. The average molecular weight is 1600 g/mol. The fourth-order valence-electron chi connectivity index (χ4n) is 14.5. The summed E-state index contributed by atoms with van der Waals surface area (Å²) in [5.74, 6) is 3.78. The number of esters is 3. The fourth-order valence-corrected chi connectivity index (χ4v) is 15.4. The summed E-state index contributed by atoms with van der Waals surface area (Å²) in [5, 5.41) is 0. The Bertz CT molecular complexity index is 3190. The van der Waals surface area contributed by atoms with Crippen LogP contribution in [0.1, 0.15) is 338 Å². The van der Waals surface area contributed by atoms with Crippen LogP contribution in [0.3, 0.4) is 0 Å². The first-order valence-corrected chi connectivity index (χ1v) is 46.5. The largest absolute Gasteiger partial charge is 0.491 e. The fraction of sp³-hybridized carbons (Fsp3) is 0.650. The molecule has 638 valence electrons. The molecule has 5 aromatic carbocycles. The standard InChI is InChI=1S/C29H48O5.C27H43FO3S.C25H40O2.C19H22O2/c1-3-5-6-7-12-23-33-34-24-26-13-17-27(18-14-26)29(30)32-22-11-9-8-10-21-31-28-19-15-25(4-2)16-20-28;1-3-5-7-8-9-19-31-27(29)23-14-12-22(13-15-23)11-10-20-32-24-16-17-26(25(28)21-24)30-18-6-4-2;1-3-5-21-27-25-17-15-24(16-18-25)14-13-23-11-9-22(10-12-23)8-6-7-20-26-19-4-2;1-3-4-5-6-19(20)21-18-13-11-17(12-14-18)16-9-7-15(2)8-10-16/h13-14,17-18,25,28H,3-12,15-16,19-24H2,1-2H3;16-17,21-23H,3-15,18-20H2,1-2H3;9-14,24-25H,3-8,15-21H2,1-2H3;7-14H,3-6H2,1-2H3. The van der Waals surface area contributed by atoms with Gasteiger partial charge in [0, 0.05) is 37.7 Å². The summed E-state index contributed by atoms with van der Waals surface area (Å²) in [7, 11) is 0. The van der Waals surface area contributed by atoms with Gasteiger partial charge in [-0.3, -0.25) is 9.59 Å². The van der Waals surface area contributed by atoms with Crippen LogP contribution in [0.2, 0.25) is 0 Å². The van der Waals surface area contributed by atoms with E-state index in [1.165, 1.54) is 151 Å². The number of carbonyl (C=O) groups excluding carboxylic acids is 3. The van der Waals surface area contributed by atoms with Gasteiger partial charge >= 0.3 is 17.9 Å². The van der Waals surface area contributed by atoms with Crippen LogP contribution in [0.15, 0.2) is 126 Å². The van der Waals surface area contributed by atoms with Crippen LogP contribution in [-0.2, 0) is 56.1 Å². The van der Waals surface area contributed by atoms with Gasteiger partial charge in [-0.05, 0) is 268 Å². The maximum Gasteiger partial charge on any atom is 0.338 e. The Morgan fingerprint density at radius 3 is 1.64 bits per heavy atom. The number of unbranched alkanes of at least 4 members (excludes halogenated alkanes) is 16. The smallest absolute Gasteiger partial charge is 0.338 e. The minimum Gasteiger partial charge on any atom is -0.491 e. The lowest BCUT2D eigenvalue weighted by atomic mass is 9.80. The Morgan fingerprint density at radius 1 is 0.465 bits per heavy atom. The molecule has 3 aliphatic rings. The van der Waals surface area contributed by atoms with E-state index in [-0.39, 0.29) is 29.6 Å². The Labute approximate surface area is 695 Å². The van der Waals surface area contributed by atoms with Gasteiger partial charge in [-0.25, -0.2) is 19.0 Å². The zero-order chi connectivity index (χ0) is 81.5. The molecule has 5 aromatic rings. The SMILES string of the molecule is CCCCCC(=O)Oc1ccc(-c2ccc(C)cc2)cc1.CCCCCCCOC(=O)C1CCC(CCCSc2ccc(OCCCC)c(F)c2)CC1.CCCCCCCOOCc1ccc(C(=O)OCCCCCCOC2CCC(CC)CC2)cc1.CCCCOC1CCC(C=Cc2ccc(CCCCOCCC)cc2)CC1. The van der Waals surface area contributed by atoms with E-state index in [2.05, 4.69) is 116 Å². The molecular formula is C100H153FO12S. The van der Waals surface area contributed by atoms with Gasteiger partial charge in [0.2, 0.25) is 0 Å². The number of hydrogen-bond acceptors (Lipinski definition) is 13. The third-order valence-corrected chi connectivity index (χ3v) is 23.2. The molecule has 3 saturated carbocycles. The molecule has 3 fully saturated rings. The second-order valence-electron chi connectivity index (χ2n) is 32.0. The molecule has 0 atom stereocenters. The Kier molecular flexibility index (Phi) is 56.4. The number of halogens is 1. The van der Waals surface area contributed by atoms with Crippen molar-refractivity contribution in [2.75, 3.05) is 58.6 Å². The summed E-state index contributed by atoms with van der Waals surface area (Å²) >= 11 is 1.71. The van der Waals surface area contributed by atoms with Crippen molar-refractivity contribution in [3.8, 4) is 22.6 Å². The predicted molar refractivity (Wildman–Crippen MR) is 471 cm³/mol. The molecular weight excluding hydrogens is 1440 g/mol. The van der Waals surface area contributed by atoms with Crippen molar-refractivity contribution in [2.24, 2.45) is 23.7 Å². The summed E-state index contributed by atoms with van der Waals surface area (Å²) in [6, 6.07) is 37.8. The van der Waals surface area contributed by atoms with E-state index >= 15 is 0 Å². The highest BCUT2D eigenvalue weighted by molar-refractivity contribution is 7.99. The number of ether oxygens (including phenoxy) is 7. The van der Waals surface area contributed by atoms with Gasteiger partial charge in [0.25, 0.3) is 0 Å². The highest BCUT2D eigenvalue weighted by Gasteiger charge is 2.28. The van der Waals surface area contributed by atoms with Crippen LogP contribution in [0.4, 0.5) is 4.39 Å². The van der Waals surface area contributed by atoms with Crippen LogP contribution >= 0.6 is 11.8 Å². The van der Waals surface area contributed by atoms with Gasteiger partial charge in [-0.2, -0.15) is 0 Å². The van der Waals surface area contributed by atoms with Crippen molar-refractivity contribution in [2.45, 2.75) is 342 Å². The molecule has 12 nitrogen and oxygen atoms in total. The van der Waals surface area contributed by atoms with Crippen molar-refractivity contribution in [1.29, 1.82) is 0 Å². The zero-order valence-electron chi connectivity index (χ0n) is 72.3. The first-order chi connectivity index (χ1) is 55.9. The maximum atomic E-state index is 14.2. The van der Waals surface area contributed by atoms with E-state index < -0.39 is 0 Å². The summed E-state index contributed by atoms with van der Waals surface area (Å²) in [4.78, 5) is 47.6. The third-order valence-electron chi connectivity index (χ3n) is 22.1. The van der Waals surface area contributed by atoms with Crippen LogP contribution < -0.4 is 9.47 Å². The molecule has 0 amide bonds. The molecule has 0 radical (unpaired) electrons. The Balaban J connectivity index is 0.000000275. The lowest BCUT2D eigenvalue weighted by Crippen LogP contribution is -2.24. The van der Waals surface area contributed by atoms with Crippen LogP contribution in [0.5, 0.6) is 11.5 Å². The maximum absolute atomic E-state index is 14.2. The van der Waals surface area contributed by atoms with E-state index in [4.69, 9.17) is 42.9 Å². The number of hydrogen-bond donors (Lipinski definition) is 0. The van der Waals surface area contributed by atoms with Crippen molar-refractivity contribution in [1.82, 2.24) is 0 Å². The van der Waals surface area contributed by atoms with E-state index in [1.54, 1.807) is 36.0 Å². The number of allylic oxidation sites excluding steroid dienone is 1. The highest BCUT2D eigenvalue weighted by atomic mass is 32.2. The van der Waals surface area contributed by atoms with Gasteiger partial charge < -0.3 is 33.2 Å². The predicted octanol–water partition coefficient (Wildman–Crippen LogP) is 28.0. The number of rotatable bonds is 54. The number of thioether (sulfide) groups is 1. The summed E-state index contributed by atoms with van der Waals surface area (Å²) in [6.45, 7) is 23.6. The monoisotopic (exact) mass is 1600 g/mol. The second-order valence-corrected chi connectivity index (χ2v) is 33.2. The van der Waals surface area contributed by atoms with Crippen LogP contribution in [0, 0.1) is 36.4 Å². The Morgan fingerprint density at radius 2 is 1.02 bits per heavy atom. The van der Waals surface area contributed by atoms with Gasteiger partial charge in [0.15, 0.2) is 11.6 Å². The molecule has 0 saturated heterocycles. The van der Waals surface area contributed by atoms with E-state index in [1.807, 2.05) is 42.5 Å². The molecule has 0 unspecified atom stereocenters. The van der Waals surface area contributed by atoms with Gasteiger partial charge in [0.1, 0.15) is 12.4 Å². The van der Waals surface area contributed by atoms with E-state index in [0.717, 1.165) is 188 Å². The number of carbonyl (C=O) groups is 3. The average Bonchev–Trinajstić information content (AvgIpc) is 0.869. The van der Waals surface area contributed by atoms with Crippen LogP contribution in [-0.4, -0.2) is 88.7 Å². The minimum atomic E-state index is -0.266. The molecule has 0 aromatic heterocycles. The van der Waals surface area contributed by atoms with Gasteiger partial charge in [0.05, 0.1) is 50.1 Å². The summed E-state index contributed by atoms with van der Waals surface area (Å²) in [6.07, 6.45) is 52.3. The topological polar surface area (TPSA) is 134 Å². The molecule has 14 heteroatoms. The minimum absolute atomic E-state index is 0.0265. The summed E-state index contributed by atoms with van der Waals surface area (Å²) < 4.78 is 53.5. The molecule has 0 aliphatic heterocycles. The van der Waals surface area contributed by atoms with Crippen LogP contribution in [0.25, 0.3) is 17.2 Å². The van der Waals surface area contributed by atoms with Gasteiger partial charge in [-0.1, -0.05) is 229 Å². The normalized spacial score (nSPS) is 17.3. The van der Waals surface area contributed by atoms with E-state index in [0.29, 0.717) is 74.6 Å². The molecule has 0 N–H and O–H groups in total. The number of benzene rings is 5. The molecule has 8 rings (SSSR count). The first kappa shape index (κ1) is 98.7.